The van der Waals surface area contributed by atoms with Crippen molar-refractivity contribution in [3.05, 3.63) is 29.6 Å². The highest BCUT2D eigenvalue weighted by atomic mass is 19.1. The monoisotopic (exact) mass is 254 g/mol. The fourth-order valence-corrected chi connectivity index (χ4v) is 1.27. The second-order valence-corrected chi connectivity index (χ2v) is 3.53. The van der Waals surface area contributed by atoms with Crippen molar-refractivity contribution in [1.29, 1.82) is 0 Å². The largest absolute Gasteiger partial charge is 0.465 e. The summed E-state index contributed by atoms with van der Waals surface area (Å²) in [5, 5.41) is 4.77. The summed E-state index contributed by atoms with van der Waals surface area (Å²) in [6.07, 6.45) is 0. The molecule has 0 aliphatic carbocycles. The van der Waals surface area contributed by atoms with Crippen molar-refractivity contribution in [1.82, 2.24) is 5.32 Å². The number of rotatable bonds is 4. The molecule has 98 valence electrons. The van der Waals surface area contributed by atoms with E-state index in [1.807, 2.05) is 0 Å². The Morgan fingerprint density at radius 3 is 2.78 bits per heavy atom. The van der Waals surface area contributed by atoms with Crippen molar-refractivity contribution in [3.63, 3.8) is 0 Å². The number of esters is 1. The molecule has 0 fully saturated rings. The van der Waals surface area contributed by atoms with Gasteiger partial charge in [0.2, 0.25) is 0 Å². The minimum absolute atomic E-state index is 0.228. The maximum atomic E-state index is 13.2. The summed E-state index contributed by atoms with van der Waals surface area (Å²) in [6.45, 7) is 3.25. The molecule has 0 radical (unpaired) electrons. The minimum Gasteiger partial charge on any atom is -0.465 e. The first-order valence-corrected chi connectivity index (χ1v) is 5.50. The van der Waals surface area contributed by atoms with Gasteiger partial charge in [-0.3, -0.25) is 4.79 Å². The molecule has 1 aromatic carbocycles. The zero-order valence-electron chi connectivity index (χ0n) is 10.2. The average Bonchev–Trinajstić information content (AvgIpc) is 2.33. The molecule has 0 unspecified atom stereocenters. The summed E-state index contributed by atoms with van der Waals surface area (Å²) in [5.41, 5.74) is 0.695. The number of hydrogen-bond donors (Lipinski definition) is 2. The van der Waals surface area contributed by atoms with E-state index in [-0.39, 0.29) is 13.2 Å². The van der Waals surface area contributed by atoms with Crippen LogP contribution in [0.5, 0.6) is 0 Å². The van der Waals surface area contributed by atoms with E-state index in [1.54, 1.807) is 19.9 Å². The minimum atomic E-state index is -0.586. The number of urea groups is 1. The molecule has 5 nitrogen and oxygen atoms in total. The Balaban J connectivity index is 2.50. The smallest absolute Gasteiger partial charge is 0.325 e. The van der Waals surface area contributed by atoms with E-state index in [0.29, 0.717) is 11.3 Å². The first-order valence-electron chi connectivity index (χ1n) is 5.50. The molecular weight excluding hydrogens is 239 g/mol. The fraction of sp³-hybridized carbons (Fsp3) is 0.333. The summed E-state index contributed by atoms with van der Waals surface area (Å²) < 4.78 is 17.8. The van der Waals surface area contributed by atoms with Gasteiger partial charge in [-0.15, -0.1) is 0 Å². The number of carbonyl (C=O) groups excluding carboxylic acids is 2. The lowest BCUT2D eigenvalue weighted by Gasteiger charge is -2.09. The molecule has 2 N–H and O–H groups in total. The first-order chi connectivity index (χ1) is 8.54. The van der Waals surface area contributed by atoms with E-state index in [4.69, 9.17) is 0 Å². The molecule has 0 aliphatic heterocycles. The van der Waals surface area contributed by atoms with Crippen LogP contribution in [0, 0.1) is 12.7 Å². The van der Waals surface area contributed by atoms with Crippen LogP contribution in [0.25, 0.3) is 0 Å². The molecule has 6 heteroatoms. The lowest BCUT2D eigenvalue weighted by atomic mass is 10.2. The standard InChI is InChI=1S/C12H15FN2O3/c1-3-18-11(16)7-14-12(17)15-10-6-4-5-9(13)8(10)2/h4-6H,3,7H2,1-2H3,(H2,14,15,17). The summed E-state index contributed by atoms with van der Waals surface area (Å²) in [6, 6.07) is 3.78. The molecule has 0 saturated carbocycles. The van der Waals surface area contributed by atoms with Gasteiger partial charge in [0, 0.05) is 11.3 Å². The number of carbonyl (C=O) groups is 2. The molecule has 18 heavy (non-hydrogen) atoms. The van der Waals surface area contributed by atoms with Gasteiger partial charge in [0.1, 0.15) is 12.4 Å². The maximum Gasteiger partial charge on any atom is 0.325 e. The number of hydrogen-bond acceptors (Lipinski definition) is 3. The van der Waals surface area contributed by atoms with Crippen LogP contribution in [0.1, 0.15) is 12.5 Å². The number of ether oxygens (including phenoxy) is 1. The zero-order chi connectivity index (χ0) is 13.5. The highest BCUT2D eigenvalue weighted by Crippen LogP contribution is 2.16. The molecule has 1 aromatic rings. The lowest BCUT2D eigenvalue weighted by Crippen LogP contribution is -2.34. The van der Waals surface area contributed by atoms with E-state index >= 15 is 0 Å². The van der Waals surface area contributed by atoms with Crippen LogP contribution in [0.15, 0.2) is 18.2 Å². The van der Waals surface area contributed by atoms with Gasteiger partial charge >= 0.3 is 12.0 Å². The molecule has 0 heterocycles. The predicted octanol–water partition coefficient (Wildman–Crippen LogP) is 1.82. The zero-order valence-corrected chi connectivity index (χ0v) is 10.2. The van der Waals surface area contributed by atoms with Crippen LogP contribution < -0.4 is 10.6 Å². The van der Waals surface area contributed by atoms with Gasteiger partial charge in [-0.05, 0) is 26.0 Å². The lowest BCUT2D eigenvalue weighted by molar-refractivity contribution is -0.141. The predicted molar refractivity (Wildman–Crippen MR) is 64.8 cm³/mol. The molecule has 0 bridgehead atoms. The van der Waals surface area contributed by atoms with E-state index in [0.717, 1.165) is 0 Å². The third-order valence-corrected chi connectivity index (χ3v) is 2.21. The van der Waals surface area contributed by atoms with Crippen molar-refractivity contribution >= 4 is 17.7 Å². The van der Waals surface area contributed by atoms with Crippen LogP contribution in [-0.4, -0.2) is 25.2 Å². The van der Waals surface area contributed by atoms with Gasteiger partial charge in [-0.2, -0.15) is 0 Å². The summed E-state index contributed by atoms with van der Waals surface area (Å²) >= 11 is 0. The van der Waals surface area contributed by atoms with Gasteiger partial charge in [-0.1, -0.05) is 6.07 Å². The molecule has 2 amide bonds. The van der Waals surface area contributed by atoms with Crippen molar-refractivity contribution in [3.8, 4) is 0 Å². The normalized spacial score (nSPS) is 9.72. The molecule has 1 rings (SSSR count). The Morgan fingerprint density at radius 1 is 1.39 bits per heavy atom. The van der Waals surface area contributed by atoms with E-state index in [9.17, 15) is 14.0 Å². The Kier molecular flexibility index (Phi) is 5.10. The highest BCUT2D eigenvalue weighted by Gasteiger charge is 2.08. The van der Waals surface area contributed by atoms with Crippen LogP contribution in [-0.2, 0) is 9.53 Å². The first kappa shape index (κ1) is 14.0. The Bertz CT molecular complexity index is 449. The SMILES string of the molecule is CCOC(=O)CNC(=O)Nc1cccc(F)c1C. The third kappa shape index (κ3) is 4.04. The number of benzene rings is 1. The van der Waals surface area contributed by atoms with E-state index < -0.39 is 17.8 Å². The third-order valence-electron chi connectivity index (χ3n) is 2.21. The number of halogens is 1. The molecule has 0 saturated heterocycles. The van der Waals surface area contributed by atoms with Gasteiger partial charge in [-0.25, -0.2) is 9.18 Å². The van der Waals surface area contributed by atoms with E-state index in [1.165, 1.54) is 12.1 Å². The molecule has 0 spiro atoms. The van der Waals surface area contributed by atoms with Crippen LogP contribution in [0.3, 0.4) is 0 Å². The summed E-state index contributed by atoms with van der Waals surface area (Å²) in [5.74, 6) is -0.929. The van der Waals surface area contributed by atoms with Gasteiger partial charge in [0.15, 0.2) is 0 Å². The quantitative estimate of drug-likeness (QED) is 0.805. The molecule has 0 atom stereocenters. The number of amides is 2. The van der Waals surface area contributed by atoms with Gasteiger partial charge in [0.05, 0.1) is 6.61 Å². The average molecular weight is 254 g/mol. The summed E-state index contributed by atoms with van der Waals surface area (Å²) in [4.78, 5) is 22.4. The Morgan fingerprint density at radius 2 is 2.11 bits per heavy atom. The van der Waals surface area contributed by atoms with Crippen LogP contribution >= 0.6 is 0 Å². The number of nitrogens with one attached hydrogen (secondary N) is 2. The van der Waals surface area contributed by atoms with Gasteiger partial charge < -0.3 is 15.4 Å². The second-order valence-electron chi connectivity index (χ2n) is 3.53. The summed E-state index contributed by atoms with van der Waals surface area (Å²) in [7, 11) is 0. The molecule has 0 aliphatic rings. The Labute approximate surface area is 104 Å². The van der Waals surface area contributed by atoms with Crippen LogP contribution in [0.4, 0.5) is 14.9 Å². The number of anilines is 1. The fourth-order valence-electron chi connectivity index (χ4n) is 1.27. The highest BCUT2D eigenvalue weighted by molar-refractivity contribution is 5.92. The Hall–Kier alpha value is -2.11. The van der Waals surface area contributed by atoms with Crippen molar-refractivity contribution in [2.45, 2.75) is 13.8 Å². The van der Waals surface area contributed by atoms with Crippen LogP contribution in [0.2, 0.25) is 0 Å². The van der Waals surface area contributed by atoms with Gasteiger partial charge in [0.25, 0.3) is 0 Å². The van der Waals surface area contributed by atoms with E-state index in [2.05, 4.69) is 15.4 Å². The van der Waals surface area contributed by atoms with Crippen molar-refractivity contribution in [2.75, 3.05) is 18.5 Å². The topological polar surface area (TPSA) is 67.4 Å². The van der Waals surface area contributed by atoms with Crippen molar-refractivity contribution in [2.24, 2.45) is 0 Å². The molecular formula is C12H15FN2O3. The van der Waals surface area contributed by atoms with Crippen molar-refractivity contribution < 1.29 is 18.7 Å². The molecule has 0 aromatic heterocycles. The second kappa shape index (κ2) is 6.58. The maximum absolute atomic E-state index is 13.2.